The van der Waals surface area contributed by atoms with E-state index in [4.69, 9.17) is 9.84 Å². The largest absolute Gasteiger partial charge is 0.478 e. The summed E-state index contributed by atoms with van der Waals surface area (Å²) in [4.78, 5) is 23.1. The van der Waals surface area contributed by atoms with Gasteiger partial charge < -0.3 is 14.7 Å². The van der Waals surface area contributed by atoms with Crippen molar-refractivity contribution in [2.75, 3.05) is 25.1 Å². The fourth-order valence-corrected chi connectivity index (χ4v) is 2.38. The Morgan fingerprint density at radius 1 is 1.57 bits per heavy atom. The molecular formula is C14H16N2O5. The summed E-state index contributed by atoms with van der Waals surface area (Å²) < 4.78 is 5.30. The Hall–Kier alpha value is -2.41. The topological polar surface area (TPSA) is 92.9 Å². The summed E-state index contributed by atoms with van der Waals surface area (Å²) in [6.07, 6.45) is 3.35. The van der Waals surface area contributed by atoms with Gasteiger partial charge in [0, 0.05) is 49.7 Å². The monoisotopic (exact) mass is 292 g/mol. The second-order valence-electron chi connectivity index (χ2n) is 4.76. The van der Waals surface area contributed by atoms with Crippen LogP contribution < -0.4 is 4.90 Å². The number of carbonyl (C=O) groups is 1. The van der Waals surface area contributed by atoms with Crippen LogP contribution in [0.3, 0.4) is 0 Å². The zero-order valence-electron chi connectivity index (χ0n) is 11.6. The molecule has 1 aromatic rings. The summed E-state index contributed by atoms with van der Waals surface area (Å²) >= 11 is 0. The minimum atomic E-state index is -1.09. The Labute approximate surface area is 121 Å². The second-order valence-corrected chi connectivity index (χ2v) is 4.76. The van der Waals surface area contributed by atoms with Crippen LogP contribution in [0.4, 0.5) is 11.4 Å². The molecule has 0 saturated carbocycles. The molecule has 1 aliphatic heterocycles. The highest BCUT2D eigenvalue weighted by Crippen LogP contribution is 2.29. The lowest BCUT2D eigenvalue weighted by molar-refractivity contribution is -0.384. The molecule has 1 heterocycles. The van der Waals surface area contributed by atoms with E-state index in [0.717, 1.165) is 24.7 Å². The molecule has 1 atom stereocenters. The Balaban J connectivity index is 2.35. The normalized spacial score (nSPS) is 18.3. The van der Waals surface area contributed by atoms with E-state index in [2.05, 4.69) is 0 Å². The molecule has 7 nitrogen and oxygen atoms in total. The third-order valence-electron chi connectivity index (χ3n) is 3.45. The van der Waals surface area contributed by atoms with Crippen molar-refractivity contribution >= 4 is 23.4 Å². The number of rotatable bonds is 5. The Kier molecular flexibility index (Phi) is 4.54. The second kappa shape index (κ2) is 6.36. The maximum atomic E-state index is 10.9. The predicted molar refractivity (Wildman–Crippen MR) is 77.4 cm³/mol. The summed E-state index contributed by atoms with van der Waals surface area (Å²) in [5, 5.41) is 19.6. The zero-order chi connectivity index (χ0) is 15.4. The lowest BCUT2D eigenvalue weighted by Crippen LogP contribution is -2.22. The molecule has 0 bridgehead atoms. The third-order valence-corrected chi connectivity index (χ3v) is 3.45. The molecule has 21 heavy (non-hydrogen) atoms. The van der Waals surface area contributed by atoms with Crippen LogP contribution in [0.2, 0.25) is 0 Å². The highest BCUT2D eigenvalue weighted by Gasteiger charge is 2.24. The number of aliphatic carboxylic acids is 1. The zero-order valence-corrected chi connectivity index (χ0v) is 11.6. The smallest absolute Gasteiger partial charge is 0.328 e. The highest BCUT2D eigenvalue weighted by atomic mass is 16.6. The molecule has 2 rings (SSSR count). The summed E-state index contributed by atoms with van der Waals surface area (Å²) in [5.41, 5.74) is 1.23. The van der Waals surface area contributed by atoms with Gasteiger partial charge in [-0.2, -0.15) is 0 Å². The molecule has 1 fully saturated rings. The molecule has 1 saturated heterocycles. The van der Waals surface area contributed by atoms with Crippen molar-refractivity contribution in [1.29, 1.82) is 0 Å². The van der Waals surface area contributed by atoms with E-state index in [9.17, 15) is 14.9 Å². The number of ether oxygens (including phenoxy) is 1. The van der Waals surface area contributed by atoms with Crippen LogP contribution in [0.15, 0.2) is 24.3 Å². The van der Waals surface area contributed by atoms with Crippen LogP contribution in [0.5, 0.6) is 0 Å². The SMILES string of the molecule is COC1CCN(c2ccc([N+](=O)[O-])cc2/C=C/C(=O)O)C1. The first-order chi connectivity index (χ1) is 10.0. The van der Waals surface area contributed by atoms with Crippen molar-refractivity contribution in [3.63, 3.8) is 0 Å². The number of benzene rings is 1. The van der Waals surface area contributed by atoms with E-state index < -0.39 is 10.9 Å². The van der Waals surface area contributed by atoms with Crippen molar-refractivity contribution in [1.82, 2.24) is 0 Å². The summed E-state index contributed by atoms with van der Waals surface area (Å²) in [7, 11) is 1.65. The molecular weight excluding hydrogens is 276 g/mol. The highest BCUT2D eigenvalue weighted by molar-refractivity contribution is 5.87. The van der Waals surface area contributed by atoms with Crippen molar-refractivity contribution in [3.8, 4) is 0 Å². The van der Waals surface area contributed by atoms with Crippen LogP contribution in [0.25, 0.3) is 6.08 Å². The molecule has 0 aromatic heterocycles. The predicted octanol–water partition coefficient (Wildman–Crippen LogP) is 1.92. The van der Waals surface area contributed by atoms with Gasteiger partial charge in [-0.25, -0.2) is 4.79 Å². The molecule has 0 amide bonds. The number of methoxy groups -OCH3 is 1. The van der Waals surface area contributed by atoms with Gasteiger partial charge in [0.15, 0.2) is 0 Å². The maximum Gasteiger partial charge on any atom is 0.328 e. The Morgan fingerprint density at radius 3 is 2.90 bits per heavy atom. The molecule has 1 aromatic carbocycles. The molecule has 1 aliphatic rings. The molecule has 1 N–H and O–H groups in total. The van der Waals surface area contributed by atoms with Crippen molar-refractivity contribution in [3.05, 3.63) is 40.0 Å². The number of nitrogens with zero attached hydrogens (tertiary/aromatic N) is 2. The lowest BCUT2D eigenvalue weighted by Gasteiger charge is -2.20. The van der Waals surface area contributed by atoms with Gasteiger partial charge in [0.1, 0.15) is 0 Å². The summed E-state index contributed by atoms with van der Waals surface area (Å²) in [5.74, 6) is -1.09. The van der Waals surface area contributed by atoms with Gasteiger partial charge in [-0.1, -0.05) is 0 Å². The summed E-state index contributed by atoms with van der Waals surface area (Å²) in [6.45, 7) is 1.45. The van der Waals surface area contributed by atoms with Gasteiger partial charge in [-0.05, 0) is 18.6 Å². The fraction of sp³-hybridized carbons (Fsp3) is 0.357. The van der Waals surface area contributed by atoms with Gasteiger partial charge in [-0.3, -0.25) is 10.1 Å². The fourth-order valence-electron chi connectivity index (χ4n) is 2.38. The van der Waals surface area contributed by atoms with Crippen LogP contribution in [-0.2, 0) is 9.53 Å². The van der Waals surface area contributed by atoms with Gasteiger partial charge in [0.25, 0.3) is 5.69 Å². The van der Waals surface area contributed by atoms with Gasteiger partial charge in [0.2, 0.25) is 0 Å². The number of non-ortho nitro benzene ring substituents is 1. The van der Waals surface area contributed by atoms with Crippen LogP contribution in [0, 0.1) is 10.1 Å². The first-order valence-electron chi connectivity index (χ1n) is 6.48. The number of hydrogen-bond acceptors (Lipinski definition) is 5. The van der Waals surface area contributed by atoms with E-state index in [1.807, 2.05) is 4.90 Å². The van der Waals surface area contributed by atoms with Crippen LogP contribution >= 0.6 is 0 Å². The lowest BCUT2D eigenvalue weighted by atomic mass is 10.1. The van der Waals surface area contributed by atoms with E-state index >= 15 is 0 Å². The average Bonchev–Trinajstić information content (AvgIpc) is 2.93. The van der Waals surface area contributed by atoms with Gasteiger partial charge >= 0.3 is 5.97 Å². The molecule has 0 aliphatic carbocycles. The van der Waals surface area contributed by atoms with Crippen LogP contribution in [-0.4, -0.2) is 42.3 Å². The van der Waals surface area contributed by atoms with E-state index in [0.29, 0.717) is 12.1 Å². The maximum absolute atomic E-state index is 10.9. The minimum absolute atomic E-state index is 0.0636. The molecule has 0 radical (unpaired) electrons. The third kappa shape index (κ3) is 3.57. The average molecular weight is 292 g/mol. The Bertz CT molecular complexity index is 585. The molecule has 112 valence electrons. The number of carboxylic acids is 1. The van der Waals surface area contributed by atoms with Gasteiger partial charge in [0.05, 0.1) is 11.0 Å². The van der Waals surface area contributed by atoms with Crippen molar-refractivity contribution in [2.45, 2.75) is 12.5 Å². The first kappa shape index (κ1) is 15.0. The molecule has 1 unspecified atom stereocenters. The minimum Gasteiger partial charge on any atom is -0.478 e. The Morgan fingerprint density at radius 2 is 2.33 bits per heavy atom. The van der Waals surface area contributed by atoms with E-state index in [1.165, 1.54) is 18.2 Å². The number of hydrogen-bond donors (Lipinski definition) is 1. The van der Waals surface area contributed by atoms with Crippen molar-refractivity contribution in [2.24, 2.45) is 0 Å². The van der Waals surface area contributed by atoms with E-state index in [-0.39, 0.29) is 11.8 Å². The first-order valence-corrected chi connectivity index (χ1v) is 6.48. The summed E-state index contributed by atoms with van der Waals surface area (Å²) in [6, 6.07) is 4.46. The quantitative estimate of drug-likeness (QED) is 0.506. The van der Waals surface area contributed by atoms with E-state index in [1.54, 1.807) is 13.2 Å². The molecule has 0 spiro atoms. The van der Waals surface area contributed by atoms with Crippen molar-refractivity contribution < 1.29 is 19.6 Å². The number of nitro benzene ring substituents is 1. The number of carboxylic acid groups (broad SMARTS) is 1. The number of anilines is 1. The number of nitro groups is 1. The van der Waals surface area contributed by atoms with Gasteiger partial charge in [-0.15, -0.1) is 0 Å². The standard InChI is InChI=1S/C14H16N2O5/c1-21-12-6-7-15(9-12)13-4-3-11(16(19)20)8-10(13)2-5-14(17)18/h2-5,8,12H,6-7,9H2,1H3,(H,17,18)/b5-2+. The van der Waals surface area contributed by atoms with Crippen LogP contribution in [0.1, 0.15) is 12.0 Å². The molecule has 7 heteroatoms.